The molecule has 0 spiro atoms. The molecule has 0 aliphatic rings. The van der Waals surface area contributed by atoms with Crippen molar-refractivity contribution in [3.05, 3.63) is 59.7 Å². The molecule has 0 atom stereocenters. The molecule has 2 aromatic carbocycles. The molecule has 0 heterocycles. The van der Waals surface area contributed by atoms with Crippen LogP contribution in [-0.4, -0.2) is 0 Å². The molecule has 0 bridgehead atoms. The number of hydrogen-bond donors (Lipinski definition) is 0. The monoisotopic (exact) mass is 230 g/mol. The van der Waals surface area contributed by atoms with Crippen LogP contribution in [0.15, 0.2) is 48.5 Å². The lowest BCUT2D eigenvalue weighted by Crippen LogP contribution is -1.95. The van der Waals surface area contributed by atoms with Crippen LogP contribution in [-0.2, 0) is 16.9 Å². The fourth-order valence-electron chi connectivity index (χ4n) is 1.67. The van der Waals surface area contributed by atoms with Gasteiger partial charge in [0.25, 0.3) is 0 Å². The molecular weight excluding hydrogens is 220 g/mol. The molecule has 2 radical (unpaired) electrons. The largest absolute Gasteiger partial charge is 0.305 e. The van der Waals surface area contributed by atoms with Crippen LogP contribution < -0.4 is 9.78 Å². The molecule has 0 N–H and O–H groups in total. The number of benzene rings is 2. The molecule has 0 aliphatic carbocycles. The van der Waals surface area contributed by atoms with Gasteiger partial charge >= 0.3 is 0 Å². The van der Waals surface area contributed by atoms with Crippen LogP contribution >= 0.6 is 0 Å². The minimum Gasteiger partial charge on any atom is -0.305 e. The maximum atomic E-state index is 10.5. The van der Waals surface area contributed by atoms with Gasteiger partial charge in [-0.1, -0.05) is 36.4 Å². The Kier molecular flexibility index (Phi) is 3.59. The van der Waals surface area contributed by atoms with Gasteiger partial charge in [0.1, 0.15) is 0 Å². The summed E-state index contributed by atoms with van der Waals surface area (Å²) in [6, 6.07) is 13.8. The summed E-state index contributed by atoms with van der Waals surface area (Å²) >= 11 is 0. The third kappa shape index (κ3) is 2.55. The van der Waals surface area contributed by atoms with E-state index in [1.165, 1.54) is 0 Å². The predicted octanol–water partition coefficient (Wildman–Crippen LogP) is 2.73. The fourth-order valence-corrected chi connectivity index (χ4v) is 1.67. The SMILES string of the molecule is [O]Oc1ccccc1Cc1ccccc1O[O]. The highest BCUT2D eigenvalue weighted by Crippen LogP contribution is 2.25. The van der Waals surface area contributed by atoms with Gasteiger partial charge in [-0.25, -0.2) is 0 Å². The molecule has 0 unspecified atom stereocenters. The van der Waals surface area contributed by atoms with Crippen LogP contribution in [0.5, 0.6) is 11.5 Å². The molecule has 0 amide bonds. The van der Waals surface area contributed by atoms with Gasteiger partial charge in [0.05, 0.1) is 0 Å². The summed E-state index contributed by atoms with van der Waals surface area (Å²) in [6.07, 6.45) is 0.414. The van der Waals surface area contributed by atoms with E-state index in [1.807, 2.05) is 0 Å². The van der Waals surface area contributed by atoms with Gasteiger partial charge in [-0.2, -0.15) is 0 Å². The van der Waals surface area contributed by atoms with E-state index in [0.717, 1.165) is 0 Å². The second kappa shape index (κ2) is 5.34. The third-order valence-electron chi connectivity index (χ3n) is 2.51. The fraction of sp³-hybridized carbons (Fsp3) is 0.0769. The zero-order valence-electron chi connectivity index (χ0n) is 8.96. The van der Waals surface area contributed by atoms with Crippen LogP contribution in [0.4, 0.5) is 0 Å². The third-order valence-corrected chi connectivity index (χ3v) is 2.51. The quantitative estimate of drug-likeness (QED) is 0.599. The van der Waals surface area contributed by atoms with Crippen molar-refractivity contribution in [1.29, 1.82) is 0 Å². The summed E-state index contributed by atoms with van der Waals surface area (Å²) < 4.78 is 0. The average molecular weight is 230 g/mol. The number of para-hydroxylation sites is 2. The van der Waals surface area contributed by atoms with Gasteiger partial charge in [-0.15, -0.1) is 0 Å². The molecule has 2 aromatic rings. The lowest BCUT2D eigenvalue weighted by atomic mass is 10.0. The Morgan fingerprint density at radius 2 is 1.12 bits per heavy atom. The van der Waals surface area contributed by atoms with Crippen molar-refractivity contribution in [2.24, 2.45) is 0 Å². The molecule has 86 valence electrons. The summed E-state index contributed by atoms with van der Waals surface area (Å²) in [5, 5.41) is 21.0. The van der Waals surface area contributed by atoms with Crippen LogP contribution in [0, 0.1) is 0 Å². The van der Waals surface area contributed by atoms with Gasteiger partial charge in [0.15, 0.2) is 11.5 Å². The molecule has 0 aromatic heterocycles. The van der Waals surface area contributed by atoms with Gasteiger partial charge in [-0.3, -0.25) is 0 Å². The Morgan fingerprint density at radius 1 is 0.706 bits per heavy atom. The van der Waals surface area contributed by atoms with Gasteiger partial charge in [0, 0.05) is 28.1 Å². The molecular formula is C13H10O4. The van der Waals surface area contributed by atoms with Crippen molar-refractivity contribution < 1.29 is 20.3 Å². The molecule has 0 saturated heterocycles. The van der Waals surface area contributed by atoms with E-state index in [9.17, 15) is 10.5 Å². The minimum atomic E-state index is 0.258. The van der Waals surface area contributed by atoms with E-state index in [2.05, 4.69) is 9.78 Å². The Labute approximate surface area is 98.5 Å². The lowest BCUT2D eigenvalue weighted by molar-refractivity contribution is -0.209. The maximum absolute atomic E-state index is 10.5. The summed E-state index contributed by atoms with van der Waals surface area (Å²) in [7, 11) is 0. The van der Waals surface area contributed by atoms with Crippen molar-refractivity contribution in [2.45, 2.75) is 6.42 Å². The summed E-state index contributed by atoms with van der Waals surface area (Å²) in [5.74, 6) is 0.515. The normalized spacial score (nSPS) is 10.0. The Hall–Kier alpha value is -2.04. The van der Waals surface area contributed by atoms with Gasteiger partial charge in [0.2, 0.25) is 0 Å². The molecule has 2 rings (SSSR count). The Bertz CT molecular complexity index is 451. The maximum Gasteiger partial charge on any atom is 0.172 e. The lowest BCUT2D eigenvalue weighted by Gasteiger charge is -2.07. The summed E-state index contributed by atoms with van der Waals surface area (Å²) in [5.41, 5.74) is 1.43. The molecule has 0 saturated carbocycles. The first kappa shape index (κ1) is 11.4. The van der Waals surface area contributed by atoms with E-state index in [1.54, 1.807) is 48.5 Å². The molecule has 0 fully saturated rings. The molecule has 4 heteroatoms. The minimum absolute atomic E-state index is 0.258. The van der Waals surface area contributed by atoms with Crippen molar-refractivity contribution in [3.8, 4) is 11.5 Å². The van der Waals surface area contributed by atoms with Crippen molar-refractivity contribution in [3.63, 3.8) is 0 Å². The van der Waals surface area contributed by atoms with E-state index in [0.29, 0.717) is 17.5 Å². The van der Waals surface area contributed by atoms with Crippen LogP contribution in [0.3, 0.4) is 0 Å². The van der Waals surface area contributed by atoms with Gasteiger partial charge in [-0.05, 0) is 12.1 Å². The first-order chi connectivity index (χ1) is 8.35. The van der Waals surface area contributed by atoms with E-state index in [-0.39, 0.29) is 11.5 Å². The topological polar surface area (TPSA) is 58.3 Å². The highest BCUT2D eigenvalue weighted by Gasteiger charge is 2.09. The standard InChI is InChI=1S/C13H10O4/c14-16-12-7-3-1-5-10(12)9-11-6-2-4-8-13(11)17-15/h1-8H,9H2. The first-order valence-electron chi connectivity index (χ1n) is 5.10. The van der Waals surface area contributed by atoms with Crippen molar-refractivity contribution >= 4 is 0 Å². The second-order valence-electron chi connectivity index (χ2n) is 3.56. The number of rotatable bonds is 4. The molecule has 0 aliphatic heterocycles. The van der Waals surface area contributed by atoms with Crippen molar-refractivity contribution in [2.75, 3.05) is 0 Å². The molecule has 17 heavy (non-hydrogen) atoms. The average Bonchev–Trinajstić information content (AvgIpc) is 2.40. The number of hydrogen-bond acceptors (Lipinski definition) is 2. The van der Waals surface area contributed by atoms with E-state index < -0.39 is 0 Å². The first-order valence-corrected chi connectivity index (χ1v) is 5.10. The van der Waals surface area contributed by atoms with Crippen LogP contribution in [0.25, 0.3) is 0 Å². The van der Waals surface area contributed by atoms with E-state index >= 15 is 0 Å². The predicted molar refractivity (Wildman–Crippen MR) is 58.3 cm³/mol. The Balaban J connectivity index is 2.31. The highest BCUT2D eigenvalue weighted by molar-refractivity contribution is 5.41. The highest BCUT2D eigenvalue weighted by atomic mass is 17.1. The second-order valence-corrected chi connectivity index (χ2v) is 3.56. The summed E-state index contributed by atoms with van der Waals surface area (Å²) in [4.78, 5) is 8.04. The van der Waals surface area contributed by atoms with Crippen LogP contribution in [0.2, 0.25) is 0 Å². The van der Waals surface area contributed by atoms with Gasteiger partial charge < -0.3 is 9.78 Å². The van der Waals surface area contributed by atoms with Crippen LogP contribution in [0.1, 0.15) is 11.1 Å². The smallest absolute Gasteiger partial charge is 0.172 e. The van der Waals surface area contributed by atoms with E-state index in [4.69, 9.17) is 0 Å². The zero-order valence-corrected chi connectivity index (χ0v) is 8.96. The summed E-state index contributed by atoms with van der Waals surface area (Å²) in [6.45, 7) is 0. The molecule has 4 nitrogen and oxygen atoms in total. The van der Waals surface area contributed by atoms with Crippen molar-refractivity contribution in [1.82, 2.24) is 0 Å². The Morgan fingerprint density at radius 3 is 1.53 bits per heavy atom. The zero-order chi connectivity index (χ0) is 12.1.